The van der Waals surface area contributed by atoms with Gasteiger partial charge in [0.15, 0.2) is 0 Å². The summed E-state index contributed by atoms with van der Waals surface area (Å²) in [6, 6.07) is 6.46. The molecule has 0 N–H and O–H groups in total. The molecule has 0 spiro atoms. The lowest BCUT2D eigenvalue weighted by Crippen LogP contribution is -2.14. The van der Waals surface area contributed by atoms with Gasteiger partial charge in [-0.1, -0.05) is 57.6 Å². The van der Waals surface area contributed by atoms with E-state index in [4.69, 9.17) is 14.2 Å². The molecule has 0 aliphatic rings. The van der Waals surface area contributed by atoms with Crippen molar-refractivity contribution in [3.63, 3.8) is 0 Å². The maximum absolute atomic E-state index is 11.8. The minimum atomic E-state index is -0.794. The number of para-hydroxylation sites is 1. The van der Waals surface area contributed by atoms with E-state index in [0.717, 1.165) is 19.3 Å². The Bertz CT molecular complexity index is 498. The molecule has 0 saturated carbocycles. The Balaban J connectivity index is 2.29. The first-order valence-corrected chi connectivity index (χ1v) is 8.79. The molecule has 0 bridgehead atoms. The molecule has 5 nitrogen and oxygen atoms in total. The van der Waals surface area contributed by atoms with Gasteiger partial charge in [0.25, 0.3) is 0 Å². The highest BCUT2D eigenvalue weighted by molar-refractivity contribution is 5.93. The molecule has 0 fully saturated rings. The summed E-state index contributed by atoms with van der Waals surface area (Å²) >= 11 is 0. The van der Waals surface area contributed by atoms with Gasteiger partial charge < -0.3 is 14.2 Å². The van der Waals surface area contributed by atoms with Gasteiger partial charge in [-0.25, -0.2) is 9.59 Å². The van der Waals surface area contributed by atoms with E-state index in [0.29, 0.717) is 6.61 Å². The van der Waals surface area contributed by atoms with Crippen LogP contribution in [0.5, 0.6) is 5.75 Å². The van der Waals surface area contributed by atoms with Crippen molar-refractivity contribution in [1.29, 1.82) is 0 Å². The maximum Gasteiger partial charge on any atom is 0.513 e. The van der Waals surface area contributed by atoms with Crippen molar-refractivity contribution in [2.24, 2.45) is 0 Å². The van der Waals surface area contributed by atoms with Crippen molar-refractivity contribution in [2.45, 2.75) is 58.8 Å². The van der Waals surface area contributed by atoms with Gasteiger partial charge in [-0.3, -0.25) is 0 Å². The van der Waals surface area contributed by atoms with E-state index in [1.54, 1.807) is 31.2 Å². The fourth-order valence-electron chi connectivity index (χ4n) is 2.27. The molecule has 0 saturated heterocycles. The topological polar surface area (TPSA) is 61.8 Å². The molecule has 0 heterocycles. The van der Waals surface area contributed by atoms with Gasteiger partial charge in [-0.05, 0) is 25.5 Å². The summed E-state index contributed by atoms with van der Waals surface area (Å²) in [7, 11) is 0. The van der Waals surface area contributed by atoms with Crippen LogP contribution in [0.3, 0.4) is 0 Å². The zero-order valence-electron chi connectivity index (χ0n) is 14.7. The standard InChI is InChI=1S/C19H28O5/c1-3-5-6-7-8-9-12-15-23-19(21)24-17-14-11-10-13-16(17)18(20)22-4-2/h10-11,13-14H,3-9,12,15H2,1-2H3. The van der Waals surface area contributed by atoms with E-state index in [2.05, 4.69) is 6.92 Å². The number of carbonyl (C=O) groups is 2. The minimum Gasteiger partial charge on any atom is -0.462 e. The smallest absolute Gasteiger partial charge is 0.462 e. The molecule has 24 heavy (non-hydrogen) atoms. The van der Waals surface area contributed by atoms with Crippen LogP contribution in [0.2, 0.25) is 0 Å². The molecule has 0 amide bonds. The van der Waals surface area contributed by atoms with Crippen molar-refractivity contribution in [3.8, 4) is 5.75 Å². The first-order valence-electron chi connectivity index (χ1n) is 8.79. The second-order valence-electron chi connectivity index (χ2n) is 5.54. The van der Waals surface area contributed by atoms with Crippen LogP contribution >= 0.6 is 0 Å². The lowest BCUT2D eigenvalue weighted by atomic mass is 10.1. The Hall–Kier alpha value is -2.04. The summed E-state index contributed by atoms with van der Waals surface area (Å²) in [6.45, 7) is 4.50. The van der Waals surface area contributed by atoms with E-state index in [-0.39, 0.29) is 17.9 Å². The van der Waals surface area contributed by atoms with Gasteiger partial charge in [0.2, 0.25) is 0 Å². The highest BCUT2D eigenvalue weighted by Crippen LogP contribution is 2.19. The second-order valence-corrected chi connectivity index (χ2v) is 5.54. The Morgan fingerprint density at radius 3 is 2.25 bits per heavy atom. The summed E-state index contributed by atoms with van der Waals surface area (Å²) in [6.07, 6.45) is 7.24. The quantitative estimate of drug-likeness (QED) is 0.318. The third-order valence-electron chi connectivity index (χ3n) is 3.54. The number of carbonyl (C=O) groups excluding carboxylic acids is 2. The SMILES string of the molecule is CCCCCCCCCOC(=O)Oc1ccccc1C(=O)OCC. The largest absolute Gasteiger partial charge is 0.513 e. The van der Waals surface area contributed by atoms with Crippen LogP contribution in [-0.2, 0) is 9.47 Å². The van der Waals surface area contributed by atoms with Crippen molar-refractivity contribution < 1.29 is 23.8 Å². The van der Waals surface area contributed by atoms with Crippen molar-refractivity contribution in [3.05, 3.63) is 29.8 Å². The van der Waals surface area contributed by atoms with Crippen molar-refractivity contribution >= 4 is 12.1 Å². The summed E-state index contributed by atoms with van der Waals surface area (Å²) < 4.78 is 15.1. The number of esters is 1. The fraction of sp³-hybridized carbons (Fsp3) is 0.579. The van der Waals surface area contributed by atoms with E-state index < -0.39 is 12.1 Å². The lowest BCUT2D eigenvalue weighted by molar-refractivity contribution is 0.0520. The van der Waals surface area contributed by atoms with Gasteiger partial charge in [0.1, 0.15) is 11.3 Å². The van der Waals surface area contributed by atoms with Gasteiger partial charge in [0, 0.05) is 0 Å². The van der Waals surface area contributed by atoms with Crippen LogP contribution in [0.25, 0.3) is 0 Å². The van der Waals surface area contributed by atoms with E-state index in [9.17, 15) is 9.59 Å². The molecule has 0 atom stereocenters. The Morgan fingerprint density at radius 2 is 1.54 bits per heavy atom. The van der Waals surface area contributed by atoms with Gasteiger partial charge >= 0.3 is 12.1 Å². The first-order chi connectivity index (χ1) is 11.7. The van der Waals surface area contributed by atoms with E-state index in [1.165, 1.54) is 25.7 Å². The first kappa shape index (κ1) is 20.0. The van der Waals surface area contributed by atoms with Crippen LogP contribution in [0.4, 0.5) is 4.79 Å². The normalized spacial score (nSPS) is 10.2. The van der Waals surface area contributed by atoms with Crippen LogP contribution in [0.15, 0.2) is 24.3 Å². The number of hydrogen-bond donors (Lipinski definition) is 0. The predicted molar refractivity (Wildman–Crippen MR) is 92.4 cm³/mol. The maximum atomic E-state index is 11.8. The van der Waals surface area contributed by atoms with E-state index in [1.807, 2.05) is 0 Å². The fourth-order valence-corrected chi connectivity index (χ4v) is 2.27. The number of rotatable bonds is 11. The monoisotopic (exact) mass is 336 g/mol. The molecular formula is C19H28O5. The van der Waals surface area contributed by atoms with Crippen LogP contribution in [0, 0.1) is 0 Å². The average molecular weight is 336 g/mol. The molecule has 0 aromatic heterocycles. The lowest BCUT2D eigenvalue weighted by Gasteiger charge is -2.09. The molecule has 1 rings (SSSR count). The van der Waals surface area contributed by atoms with Gasteiger partial charge in [-0.2, -0.15) is 0 Å². The number of benzene rings is 1. The molecule has 0 unspecified atom stereocenters. The highest BCUT2D eigenvalue weighted by atomic mass is 16.7. The molecule has 0 aliphatic carbocycles. The zero-order valence-corrected chi connectivity index (χ0v) is 14.7. The van der Waals surface area contributed by atoms with Crippen molar-refractivity contribution in [2.75, 3.05) is 13.2 Å². The Kier molecular flexibility index (Phi) is 10.3. The second kappa shape index (κ2) is 12.4. The summed E-state index contributed by atoms with van der Waals surface area (Å²) in [4.78, 5) is 23.5. The molecular weight excluding hydrogens is 308 g/mol. The molecule has 5 heteroatoms. The van der Waals surface area contributed by atoms with Crippen LogP contribution in [-0.4, -0.2) is 25.3 Å². The number of ether oxygens (including phenoxy) is 3. The molecule has 1 aromatic carbocycles. The molecule has 134 valence electrons. The van der Waals surface area contributed by atoms with E-state index >= 15 is 0 Å². The summed E-state index contributed by atoms with van der Waals surface area (Å²) in [5.41, 5.74) is 0.215. The van der Waals surface area contributed by atoms with Crippen LogP contribution in [0.1, 0.15) is 69.2 Å². The minimum absolute atomic E-state index is 0.153. The highest BCUT2D eigenvalue weighted by Gasteiger charge is 2.16. The zero-order chi connectivity index (χ0) is 17.6. The van der Waals surface area contributed by atoms with Gasteiger partial charge in [-0.15, -0.1) is 0 Å². The molecule has 0 radical (unpaired) electrons. The predicted octanol–water partition coefficient (Wildman–Crippen LogP) is 5.13. The summed E-state index contributed by atoms with van der Waals surface area (Å²) in [5, 5.41) is 0. The third kappa shape index (κ3) is 7.99. The van der Waals surface area contributed by atoms with Gasteiger partial charge in [0.05, 0.1) is 13.2 Å². The van der Waals surface area contributed by atoms with Crippen molar-refractivity contribution in [1.82, 2.24) is 0 Å². The molecule has 0 aliphatic heterocycles. The summed E-state index contributed by atoms with van der Waals surface area (Å²) in [5.74, 6) is -0.367. The third-order valence-corrected chi connectivity index (χ3v) is 3.54. The van der Waals surface area contributed by atoms with Crippen LogP contribution < -0.4 is 4.74 Å². The number of unbranched alkanes of at least 4 members (excludes halogenated alkanes) is 6. The Morgan fingerprint density at radius 1 is 0.875 bits per heavy atom. The average Bonchev–Trinajstić information content (AvgIpc) is 2.58. The molecule has 1 aromatic rings. The Labute approximate surface area is 144 Å². The number of hydrogen-bond acceptors (Lipinski definition) is 5.